The molecule has 0 fully saturated rings. The van der Waals surface area contributed by atoms with Crippen LogP contribution in [0.3, 0.4) is 0 Å². The zero-order valence-electron chi connectivity index (χ0n) is 11.7. The van der Waals surface area contributed by atoms with E-state index in [4.69, 9.17) is 5.11 Å². The van der Waals surface area contributed by atoms with Crippen LogP contribution in [-0.2, 0) is 17.1 Å². The highest BCUT2D eigenvalue weighted by Gasteiger charge is 2.22. The Morgan fingerprint density at radius 2 is 2.00 bits per heavy atom. The average Bonchev–Trinajstić information content (AvgIpc) is 2.77. The second kappa shape index (κ2) is 5.17. The van der Waals surface area contributed by atoms with Gasteiger partial charge in [-0.25, -0.2) is 22.6 Å². The van der Waals surface area contributed by atoms with Crippen LogP contribution in [0, 0.1) is 13.8 Å². The van der Waals surface area contributed by atoms with Gasteiger partial charge in [-0.05, 0) is 37.1 Å². The molecule has 0 unspecified atom stereocenters. The van der Waals surface area contributed by atoms with Gasteiger partial charge in [-0.2, -0.15) is 10.1 Å². The molecule has 0 bridgehead atoms. The third kappa shape index (κ3) is 2.87. The van der Waals surface area contributed by atoms with Crippen molar-refractivity contribution in [2.75, 3.05) is 4.72 Å². The Kier molecular flexibility index (Phi) is 3.69. The van der Waals surface area contributed by atoms with Gasteiger partial charge in [0.2, 0.25) is 5.95 Å². The summed E-state index contributed by atoms with van der Waals surface area (Å²) in [6.45, 7) is 3.27. The van der Waals surface area contributed by atoms with Gasteiger partial charge in [0.25, 0.3) is 10.0 Å². The standard InChI is InChI=1S/C12H14N4O4S/c1-7-4-9(11(17)18)5-10(8(7)2)21(19,20)15-12-13-6-14-16(12)3/h4-6H,1-3H3,(H,17,18)(H,13,14,15). The molecule has 8 nitrogen and oxygen atoms in total. The van der Waals surface area contributed by atoms with Crippen LogP contribution in [0.1, 0.15) is 21.5 Å². The van der Waals surface area contributed by atoms with Crippen LogP contribution < -0.4 is 4.72 Å². The molecule has 2 aromatic rings. The van der Waals surface area contributed by atoms with E-state index in [1.165, 1.54) is 24.1 Å². The molecular weight excluding hydrogens is 296 g/mol. The molecule has 0 aliphatic rings. The van der Waals surface area contributed by atoms with E-state index in [-0.39, 0.29) is 16.4 Å². The number of aryl methyl sites for hydroxylation is 2. The molecule has 0 radical (unpaired) electrons. The highest BCUT2D eigenvalue weighted by Crippen LogP contribution is 2.23. The maximum absolute atomic E-state index is 12.4. The molecule has 0 amide bonds. The normalized spacial score (nSPS) is 11.4. The Hall–Kier alpha value is -2.42. The van der Waals surface area contributed by atoms with Crippen molar-refractivity contribution in [3.8, 4) is 0 Å². The number of hydrogen-bond donors (Lipinski definition) is 2. The van der Waals surface area contributed by atoms with Crippen LogP contribution in [0.4, 0.5) is 5.95 Å². The molecule has 21 heavy (non-hydrogen) atoms. The molecule has 2 rings (SSSR count). The van der Waals surface area contributed by atoms with Gasteiger partial charge in [-0.3, -0.25) is 0 Å². The number of nitrogens with one attached hydrogen (secondary N) is 1. The van der Waals surface area contributed by atoms with Gasteiger partial charge in [0, 0.05) is 7.05 Å². The number of sulfonamides is 1. The van der Waals surface area contributed by atoms with Crippen molar-refractivity contribution >= 4 is 21.9 Å². The van der Waals surface area contributed by atoms with E-state index >= 15 is 0 Å². The van der Waals surface area contributed by atoms with Crippen molar-refractivity contribution in [3.63, 3.8) is 0 Å². The topological polar surface area (TPSA) is 114 Å². The summed E-state index contributed by atoms with van der Waals surface area (Å²) in [6, 6.07) is 2.56. The van der Waals surface area contributed by atoms with Gasteiger partial charge >= 0.3 is 5.97 Å². The second-order valence-electron chi connectivity index (χ2n) is 4.53. The van der Waals surface area contributed by atoms with Crippen molar-refractivity contribution in [2.45, 2.75) is 18.7 Å². The molecule has 0 aliphatic heterocycles. The van der Waals surface area contributed by atoms with E-state index in [2.05, 4.69) is 14.8 Å². The summed E-state index contributed by atoms with van der Waals surface area (Å²) < 4.78 is 28.4. The highest BCUT2D eigenvalue weighted by atomic mass is 32.2. The number of anilines is 1. The van der Waals surface area contributed by atoms with Crippen molar-refractivity contribution in [2.24, 2.45) is 7.05 Å². The van der Waals surface area contributed by atoms with Crippen LogP contribution in [-0.4, -0.2) is 34.3 Å². The minimum Gasteiger partial charge on any atom is -0.478 e. The first-order valence-corrected chi connectivity index (χ1v) is 7.42. The Labute approximate surface area is 121 Å². The average molecular weight is 310 g/mol. The molecule has 0 saturated carbocycles. The summed E-state index contributed by atoms with van der Waals surface area (Å²) in [5.74, 6) is -1.14. The zero-order chi connectivity index (χ0) is 15.8. The predicted molar refractivity (Wildman–Crippen MR) is 74.7 cm³/mol. The first-order chi connectivity index (χ1) is 9.72. The zero-order valence-corrected chi connectivity index (χ0v) is 12.5. The number of carboxylic acids is 1. The number of aromatic carboxylic acids is 1. The van der Waals surface area contributed by atoms with Gasteiger partial charge < -0.3 is 5.11 Å². The van der Waals surface area contributed by atoms with E-state index in [0.29, 0.717) is 11.1 Å². The van der Waals surface area contributed by atoms with E-state index in [9.17, 15) is 13.2 Å². The molecule has 1 aromatic carbocycles. The number of carboxylic acid groups (broad SMARTS) is 1. The predicted octanol–water partition coefficient (Wildman–Crippen LogP) is 0.931. The lowest BCUT2D eigenvalue weighted by Gasteiger charge is -2.12. The van der Waals surface area contributed by atoms with E-state index < -0.39 is 16.0 Å². The number of nitrogens with zero attached hydrogens (tertiary/aromatic N) is 3. The van der Waals surface area contributed by atoms with Gasteiger partial charge in [-0.1, -0.05) is 0 Å². The molecule has 0 spiro atoms. The summed E-state index contributed by atoms with van der Waals surface area (Å²) in [5.41, 5.74) is 0.972. The Morgan fingerprint density at radius 3 is 2.52 bits per heavy atom. The van der Waals surface area contributed by atoms with Crippen molar-refractivity contribution < 1.29 is 18.3 Å². The lowest BCUT2D eigenvalue weighted by Crippen LogP contribution is -2.18. The fourth-order valence-electron chi connectivity index (χ4n) is 1.79. The summed E-state index contributed by atoms with van der Waals surface area (Å²) >= 11 is 0. The molecule has 0 saturated heterocycles. The van der Waals surface area contributed by atoms with Crippen LogP contribution >= 0.6 is 0 Å². The molecule has 1 aromatic heterocycles. The number of hydrogen-bond acceptors (Lipinski definition) is 5. The Balaban J connectivity index is 2.54. The molecule has 0 aliphatic carbocycles. The Bertz CT molecular complexity index is 811. The van der Waals surface area contributed by atoms with E-state index in [1.807, 2.05) is 0 Å². The third-order valence-electron chi connectivity index (χ3n) is 3.09. The molecule has 2 N–H and O–H groups in total. The molecule has 0 atom stereocenters. The number of carbonyl (C=O) groups is 1. The van der Waals surface area contributed by atoms with E-state index in [0.717, 1.165) is 6.07 Å². The summed E-state index contributed by atoms with van der Waals surface area (Å²) in [5, 5.41) is 12.8. The quantitative estimate of drug-likeness (QED) is 0.868. The van der Waals surface area contributed by atoms with Gasteiger partial charge in [0.15, 0.2) is 0 Å². The maximum Gasteiger partial charge on any atom is 0.335 e. The first-order valence-electron chi connectivity index (χ1n) is 5.93. The molecule has 112 valence electrons. The lowest BCUT2D eigenvalue weighted by atomic mass is 10.1. The SMILES string of the molecule is Cc1cc(C(=O)O)cc(S(=O)(=O)Nc2ncnn2C)c1C. The van der Waals surface area contributed by atoms with Crippen molar-refractivity contribution in [1.29, 1.82) is 0 Å². The summed E-state index contributed by atoms with van der Waals surface area (Å²) in [6.07, 6.45) is 1.21. The minimum atomic E-state index is -3.95. The molecule has 9 heteroatoms. The largest absolute Gasteiger partial charge is 0.478 e. The number of aromatic nitrogens is 3. The maximum atomic E-state index is 12.4. The highest BCUT2D eigenvalue weighted by molar-refractivity contribution is 7.92. The van der Waals surface area contributed by atoms with E-state index in [1.54, 1.807) is 13.8 Å². The number of rotatable bonds is 4. The third-order valence-corrected chi connectivity index (χ3v) is 4.55. The van der Waals surface area contributed by atoms with Gasteiger partial charge in [-0.15, -0.1) is 0 Å². The molecule has 1 heterocycles. The monoisotopic (exact) mass is 310 g/mol. The van der Waals surface area contributed by atoms with Crippen LogP contribution in [0.5, 0.6) is 0 Å². The lowest BCUT2D eigenvalue weighted by molar-refractivity contribution is 0.0696. The van der Waals surface area contributed by atoms with Crippen LogP contribution in [0.25, 0.3) is 0 Å². The first kappa shape index (κ1) is 15.0. The second-order valence-corrected chi connectivity index (χ2v) is 6.19. The van der Waals surface area contributed by atoms with Crippen molar-refractivity contribution in [3.05, 3.63) is 35.2 Å². The molecular formula is C12H14N4O4S. The van der Waals surface area contributed by atoms with Crippen LogP contribution in [0.15, 0.2) is 23.4 Å². The fraction of sp³-hybridized carbons (Fsp3) is 0.250. The summed E-state index contributed by atoms with van der Waals surface area (Å²) in [7, 11) is -2.41. The Morgan fingerprint density at radius 1 is 1.33 bits per heavy atom. The minimum absolute atomic E-state index is 0.0489. The smallest absolute Gasteiger partial charge is 0.335 e. The van der Waals surface area contributed by atoms with Gasteiger partial charge in [0.05, 0.1) is 10.5 Å². The fourth-order valence-corrected chi connectivity index (χ4v) is 3.17. The summed E-state index contributed by atoms with van der Waals surface area (Å²) in [4.78, 5) is 14.8. The van der Waals surface area contributed by atoms with Gasteiger partial charge in [0.1, 0.15) is 6.33 Å². The van der Waals surface area contributed by atoms with Crippen molar-refractivity contribution in [1.82, 2.24) is 14.8 Å². The van der Waals surface area contributed by atoms with Crippen LogP contribution in [0.2, 0.25) is 0 Å². The number of benzene rings is 1.